The Kier molecular flexibility index (Phi) is 8.99. The summed E-state index contributed by atoms with van der Waals surface area (Å²) in [4.78, 5) is 0. The van der Waals surface area contributed by atoms with Gasteiger partial charge in [0.15, 0.2) is 0 Å². The van der Waals surface area contributed by atoms with Crippen LogP contribution in [0, 0.1) is 0 Å². The zero-order valence-electron chi connectivity index (χ0n) is 3.86. The number of halogens is 2. The van der Waals surface area contributed by atoms with E-state index < -0.39 is 0 Å². The lowest BCUT2D eigenvalue weighted by molar-refractivity contribution is 0.796. The molecule has 0 saturated heterocycles. The highest BCUT2D eigenvalue weighted by atomic mass is 35.5. The molecule has 0 aliphatic rings. The molecule has 0 heterocycles. The van der Waals surface area contributed by atoms with Gasteiger partial charge in [0, 0.05) is 0 Å². The Morgan fingerprint density at radius 1 is 1.67 bits per heavy atom. The lowest BCUT2D eigenvalue weighted by atomic mass is 10.8. The highest BCUT2D eigenvalue weighted by molar-refractivity contribution is 6.20. The van der Waals surface area contributed by atoms with Crippen LogP contribution in [-0.2, 0) is 0 Å². The van der Waals surface area contributed by atoms with E-state index in [1.807, 2.05) is 14.0 Å². The van der Waals surface area contributed by atoms with Gasteiger partial charge in [-0.2, -0.15) is 0 Å². The van der Waals surface area contributed by atoms with Gasteiger partial charge in [-0.15, -0.1) is 24.0 Å². The zero-order chi connectivity index (χ0) is 4.28. The van der Waals surface area contributed by atoms with Gasteiger partial charge in [0.25, 0.3) is 0 Å². The van der Waals surface area contributed by atoms with Crippen LogP contribution < -0.4 is 5.32 Å². The summed E-state index contributed by atoms with van der Waals surface area (Å²) in [5, 5.41) is 2.79. The van der Waals surface area contributed by atoms with Gasteiger partial charge < -0.3 is 5.32 Å². The average Bonchev–Trinajstić information content (AvgIpc) is 1.38. The second kappa shape index (κ2) is 5.54. The minimum atomic E-state index is 0. The molecule has 0 bridgehead atoms. The minimum Gasteiger partial charge on any atom is -0.305 e. The maximum Gasteiger partial charge on any atom is 0.0794 e. The summed E-state index contributed by atoms with van der Waals surface area (Å²) in [6.45, 7) is 1.88. The quantitative estimate of drug-likeness (QED) is 0.415. The molecule has 0 fully saturated rings. The molecule has 0 spiro atoms. The summed E-state index contributed by atoms with van der Waals surface area (Å²) >= 11 is 5.35. The second-order valence-electron chi connectivity index (χ2n) is 0.905. The van der Waals surface area contributed by atoms with E-state index in [9.17, 15) is 0 Å². The molecule has 40 valence electrons. The van der Waals surface area contributed by atoms with E-state index >= 15 is 0 Å². The molecule has 0 aromatic carbocycles. The van der Waals surface area contributed by atoms with Crippen molar-refractivity contribution < 1.29 is 0 Å². The molecule has 0 aromatic rings. The summed E-state index contributed by atoms with van der Waals surface area (Å²) in [7, 11) is 1.82. The van der Waals surface area contributed by atoms with Crippen molar-refractivity contribution in [1.82, 2.24) is 5.32 Å². The predicted octanol–water partition coefficient (Wildman–Crippen LogP) is 1.21. The van der Waals surface area contributed by atoms with Gasteiger partial charge in [-0.1, -0.05) is 0 Å². The molecule has 3 heteroatoms. The monoisotopic (exact) mass is 129 g/mol. The van der Waals surface area contributed by atoms with Gasteiger partial charge in [0.2, 0.25) is 0 Å². The highest BCUT2D eigenvalue weighted by Gasteiger charge is 1.80. The van der Waals surface area contributed by atoms with Crippen LogP contribution in [0.3, 0.4) is 0 Å². The molecule has 6 heavy (non-hydrogen) atoms. The Morgan fingerprint density at radius 3 is 1.83 bits per heavy atom. The van der Waals surface area contributed by atoms with E-state index in [1.165, 1.54) is 0 Å². The Morgan fingerprint density at radius 2 is 1.83 bits per heavy atom. The van der Waals surface area contributed by atoms with Gasteiger partial charge in [0.05, 0.1) is 5.50 Å². The van der Waals surface area contributed by atoms with E-state index in [-0.39, 0.29) is 17.9 Å². The Hall–Kier alpha value is 0.540. The maximum atomic E-state index is 5.35. The van der Waals surface area contributed by atoms with E-state index in [2.05, 4.69) is 5.32 Å². The first-order chi connectivity index (χ1) is 2.27. The van der Waals surface area contributed by atoms with Crippen LogP contribution in [0.2, 0.25) is 0 Å². The molecule has 0 rings (SSSR count). The SMILES string of the molecule is CNC(C)Cl.Cl. The van der Waals surface area contributed by atoms with Crippen LogP contribution >= 0.6 is 24.0 Å². The topological polar surface area (TPSA) is 12.0 Å². The van der Waals surface area contributed by atoms with Gasteiger partial charge in [-0.05, 0) is 14.0 Å². The normalized spacial score (nSPS) is 12.5. The van der Waals surface area contributed by atoms with Crippen molar-refractivity contribution in [2.45, 2.75) is 12.4 Å². The van der Waals surface area contributed by atoms with E-state index in [0.717, 1.165) is 0 Å². The van der Waals surface area contributed by atoms with Crippen LogP contribution in [0.1, 0.15) is 6.92 Å². The first-order valence-electron chi connectivity index (χ1n) is 1.58. The highest BCUT2D eigenvalue weighted by Crippen LogP contribution is 1.80. The molecule has 0 aromatic heterocycles. The molecule has 0 aliphatic carbocycles. The Bertz CT molecular complexity index is 22.8. The van der Waals surface area contributed by atoms with Crippen molar-refractivity contribution in [2.24, 2.45) is 0 Å². The lowest BCUT2D eigenvalue weighted by Gasteiger charge is -1.92. The largest absolute Gasteiger partial charge is 0.305 e. The molecule has 1 unspecified atom stereocenters. The average molecular weight is 130 g/mol. The van der Waals surface area contributed by atoms with Gasteiger partial charge in [-0.25, -0.2) is 0 Å². The van der Waals surface area contributed by atoms with Crippen molar-refractivity contribution in [3.05, 3.63) is 0 Å². The van der Waals surface area contributed by atoms with Crippen molar-refractivity contribution in [3.8, 4) is 0 Å². The van der Waals surface area contributed by atoms with E-state index in [0.29, 0.717) is 0 Å². The fourth-order valence-electron chi connectivity index (χ4n) is 0. The van der Waals surface area contributed by atoms with Crippen molar-refractivity contribution in [1.29, 1.82) is 0 Å². The van der Waals surface area contributed by atoms with E-state index in [4.69, 9.17) is 11.6 Å². The first-order valence-corrected chi connectivity index (χ1v) is 2.02. The minimum absolute atomic E-state index is 0. The molecule has 1 atom stereocenters. The molecular formula is C3H9Cl2N. The molecule has 0 amide bonds. The summed E-state index contributed by atoms with van der Waals surface area (Å²) in [5.41, 5.74) is 0.106. The third-order valence-electron chi connectivity index (χ3n) is 0.398. The van der Waals surface area contributed by atoms with Crippen LogP contribution in [0.15, 0.2) is 0 Å². The van der Waals surface area contributed by atoms with Crippen molar-refractivity contribution in [3.63, 3.8) is 0 Å². The van der Waals surface area contributed by atoms with E-state index in [1.54, 1.807) is 0 Å². The molecule has 1 N–H and O–H groups in total. The van der Waals surface area contributed by atoms with Gasteiger partial charge >= 0.3 is 0 Å². The smallest absolute Gasteiger partial charge is 0.0794 e. The summed E-state index contributed by atoms with van der Waals surface area (Å²) in [6.07, 6.45) is 0. The lowest BCUT2D eigenvalue weighted by Crippen LogP contribution is -2.12. The van der Waals surface area contributed by atoms with Gasteiger partial charge in [0.1, 0.15) is 0 Å². The van der Waals surface area contributed by atoms with Crippen LogP contribution in [0.25, 0.3) is 0 Å². The fourth-order valence-corrected chi connectivity index (χ4v) is 0. The molecule has 1 nitrogen and oxygen atoms in total. The summed E-state index contributed by atoms with van der Waals surface area (Å²) in [5.74, 6) is 0. The molecule has 0 saturated carbocycles. The summed E-state index contributed by atoms with van der Waals surface area (Å²) in [6, 6.07) is 0. The molecular weight excluding hydrogens is 121 g/mol. The number of hydrogen-bond acceptors (Lipinski definition) is 1. The zero-order valence-corrected chi connectivity index (χ0v) is 5.44. The predicted molar refractivity (Wildman–Crippen MR) is 31.6 cm³/mol. The Labute approximate surface area is 49.5 Å². The van der Waals surface area contributed by atoms with Crippen molar-refractivity contribution >= 4 is 24.0 Å². The first kappa shape index (κ1) is 9.74. The Balaban J connectivity index is 0. The van der Waals surface area contributed by atoms with Crippen molar-refractivity contribution in [2.75, 3.05) is 7.05 Å². The number of nitrogens with one attached hydrogen (secondary N) is 1. The number of rotatable bonds is 1. The third kappa shape index (κ3) is 8.82. The third-order valence-corrected chi connectivity index (χ3v) is 0.616. The van der Waals surface area contributed by atoms with Crippen LogP contribution in [0.4, 0.5) is 0 Å². The number of alkyl halides is 1. The van der Waals surface area contributed by atoms with Crippen LogP contribution in [0.5, 0.6) is 0 Å². The second-order valence-corrected chi connectivity index (χ2v) is 1.56. The standard InChI is InChI=1S/C3H8ClN.ClH/c1-3(4)5-2;/h3,5H,1-2H3;1H. The maximum absolute atomic E-state index is 5.35. The summed E-state index contributed by atoms with van der Waals surface area (Å²) < 4.78 is 0. The van der Waals surface area contributed by atoms with Gasteiger partial charge in [-0.3, -0.25) is 0 Å². The van der Waals surface area contributed by atoms with Crippen LogP contribution in [-0.4, -0.2) is 12.5 Å². The number of hydrogen-bond donors (Lipinski definition) is 1. The molecule has 0 aliphatic heterocycles. The molecule has 0 radical (unpaired) electrons. The fraction of sp³-hybridized carbons (Fsp3) is 1.00.